The first-order valence-corrected chi connectivity index (χ1v) is 8.84. The topological polar surface area (TPSA) is 65.1 Å². The van der Waals surface area contributed by atoms with Gasteiger partial charge in [0.05, 0.1) is 35.0 Å². The maximum absolute atomic E-state index is 5.94. The van der Waals surface area contributed by atoms with Crippen LogP contribution in [-0.4, -0.2) is 27.9 Å². The number of nitrogens with one attached hydrogen (secondary N) is 1. The van der Waals surface area contributed by atoms with E-state index in [-0.39, 0.29) is 0 Å². The number of fused-ring (bicyclic) bond motifs is 1. The predicted octanol–water partition coefficient (Wildman–Crippen LogP) is 3.97. The van der Waals surface area contributed by atoms with Crippen LogP contribution in [0, 0.1) is 6.92 Å². The number of hydrogen-bond acceptors (Lipinski definition) is 5. The van der Waals surface area contributed by atoms with Crippen molar-refractivity contribution in [1.29, 1.82) is 0 Å². The first-order valence-electron chi connectivity index (χ1n) is 8.84. The summed E-state index contributed by atoms with van der Waals surface area (Å²) in [5, 5.41) is 8.42. The van der Waals surface area contributed by atoms with Crippen LogP contribution in [0.3, 0.4) is 0 Å². The molecule has 6 nitrogen and oxygen atoms in total. The van der Waals surface area contributed by atoms with Gasteiger partial charge in [-0.25, -0.2) is 4.98 Å². The van der Waals surface area contributed by atoms with Crippen LogP contribution in [0.15, 0.2) is 52.4 Å². The summed E-state index contributed by atoms with van der Waals surface area (Å²) in [6.45, 7) is 7.72. The van der Waals surface area contributed by atoms with Crippen LogP contribution in [-0.2, 0) is 4.74 Å². The molecule has 0 saturated carbocycles. The number of nitrogens with zero attached hydrogens (tertiary/aromatic N) is 3. The zero-order chi connectivity index (χ0) is 18.1. The van der Waals surface area contributed by atoms with Gasteiger partial charge in [0, 0.05) is 12.7 Å². The maximum atomic E-state index is 5.94. The molecule has 0 atom stereocenters. The molecule has 26 heavy (non-hydrogen) atoms. The highest BCUT2D eigenvalue weighted by Gasteiger charge is 2.17. The van der Waals surface area contributed by atoms with E-state index in [1.54, 1.807) is 12.5 Å². The Kier molecular flexibility index (Phi) is 4.24. The SMILES string of the molecule is CC/C(C)=C1/NCCO/C1=C\c1ccc(-n2cnc(C)c2)c2oncc12. The average molecular weight is 350 g/mol. The highest BCUT2D eigenvalue weighted by Crippen LogP contribution is 2.29. The Hall–Kier alpha value is -3.02. The molecule has 0 spiro atoms. The fourth-order valence-corrected chi connectivity index (χ4v) is 3.14. The molecule has 1 aliphatic heterocycles. The van der Waals surface area contributed by atoms with Crippen LogP contribution in [0.1, 0.15) is 31.5 Å². The Bertz CT molecular complexity index is 1010. The molecular formula is C20H22N4O2. The van der Waals surface area contributed by atoms with Gasteiger partial charge in [-0.05, 0) is 43.5 Å². The van der Waals surface area contributed by atoms with Crippen molar-refractivity contribution in [2.24, 2.45) is 0 Å². The van der Waals surface area contributed by atoms with Crippen LogP contribution in [0.25, 0.3) is 22.7 Å². The summed E-state index contributed by atoms with van der Waals surface area (Å²) in [4.78, 5) is 4.29. The minimum atomic E-state index is 0.658. The van der Waals surface area contributed by atoms with E-state index in [0.29, 0.717) is 6.61 Å². The lowest BCUT2D eigenvalue weighted by Gasteiger charge is -2.24. The number of aryl methyl sites for hydroxylation is 1. The lowest BCUT2D eigenvalue weighted by molar-refractivity contribution is 0.199. The van der Waals surface area contributed by atoms with Crippen molar-refractivity contribution in [3.63, 3.8) is 0 Å². The normalized spacial score (nSPS) is 18.0. The molecule has 6 heteroatoms. The van der Waals surface area contributed by atoms with Crippen LogP contribution < -0.4 is 5.32 Å². The molecule has 1 aromatic carbocycles. The number of benzene rings is 1. The monoisotopic (exact) mass is 350 g/mol. The molecule has 1 fully saturated rings. The van der Waals surface area contributed by atoms with Gasteiger partial charge in [0.25, 0.3) is 0 Å². The molecule has 4 rings (SSSR count). The van der Waals surface area contributed by atoms with E-state index in [4.69, 9.17) is 9.26 Å². The molecule has 0 radical (unpaired) electrons. The van der Waals surface area contributed by atoms with E-state index in [1.807, 2.05) is 23.8 Å². The highest BCUT2D eigenvalue weighted by molar-refractivity contribution is 5.92. The Morgan fingerprint density at radius 2 is 2.27 bits per heavy atom. The van der Waals surface area contributed by atoms with E-state index in [0.717, 1.165) is 52.3 Å². The van der Waals surface area contributed by atoms with Crippen molar-refractivity contribution in [3.8, 4) is 5.69 Å². The van der Waals surface area contributed by atoms with Crippen molar-refractivity contribution in [2.75, 3.05) is 13.2 Å². The van der Waals surface area contributed by atoms with Gasteiger partial charge in [-0.1, -0.05) is 18.1 Å². The van der Waals surface area contributed by atoms with Gasteiger partial charge in [0.1, 0.15) is 12.4 Å². The van der Waals surface area contributed by atoms with Crippen molar-refractivity contribution in [1.82, 2.24) is 20.0 Å². The third-order valence-corrected chi connectivity index (χ3v) is 4.68. The molecule has 1 aliphatic rings. The molecule has 1 saturated heterocycles. The van der Waals surface area contributed by atoms with E-state index < -0.39 is 0 Å². The lowest BCUT2D eigenvalue weighted by Crippen LogP contribution is -2.28. The molecule has 2 aromatic heterocycles. The minimum absolute atomic E-state index is 0.658. The van der Waals surface area contributed by atoms with Crippen LogP contribution in [0.5, 0.6) is 0 Å². The number of aromatic nitrogens is 3. The van der Waals surface area contributed by atoms with Crippen LogP contribution in [0.4, 0.5) is 0 Å². The van der Waals surface area contributed by atoms with Gasteiger partial charge in [-0.2, -0.15) is 0 Å². The molecule has 3 aromatic rings. The third-order valence-electron chi connectivity index (χ3n) is 4.68. The molecule has 3 heterocycles. The fourth-order valence-electron chi connectivity index (χ4n) is 3.14. The molecule has 0 aliphatic carbocycles. The molecule has 0 unspecified atom stereocenters. The molecular weight excluding hydrogens is 328 g/mol. The van der Waals surface area contributed by atoms with Crippen LogP contribution >= 0.6 is 0 Å². The van der Waals surface area contributed by atoms with Crippen molar-refractivity contribution in [2.45, 2.75) is 27.2 Å². The largest absolute Gasteiger partial charge is 0.490 e. The second kappa shape index (κ2) is 6.71. The Morgan fingerprint density at radius 1 is 1.38 bits per heavy atom. The van der Waals surface area contributed by atoms with E-state index >= 15 is 0 Å². The van der Waals surface area contributed by atoms with Crippen molar-refractivity contribution in [3.05, 3.63) is 59.1 Å². The number of morpholine rings is 1. The van der Waals surface area contributed by atoms with Crippen molar-refractivity contribution >= 4 is 17.0 Å². The number of rotatable bonds is 3. The smallest absolute Gasteiger partial charge is 0.191 e. The van der Waals surface area contributed by atoms with Gasteiger partial charge in [-0.15, -0.1) is 0 Å². The predicted molar refractivity (Wildman–Crippen MR) is 101 cm³/mol. The zero-order valence-corrected chi connectivity index (χ0v) is 15.2. The second-order valence-electron chi connectivity index (χ2n) is 6.46. The van der Waals surface area contributed by atoms with Gasteiger partial charge in [0.15, 0.2) is 5.58 Å². The summed E-state index contributed by atoms with van der Waals surface area (Å²) < 4.78 is 13.4. The van der Waals surface area contributed by atoms with Gasteiger partial charge in [-0.3, -0.25) is 0 Å². The minimum Gasteiger partial charge on any atom is -0.490 e. The molecule has 1 N–H and O–H groups in total. The molecule has 0 bridgehead atoms. The van der Waals surface area contributed by atoms with E-state index in [2.05, 4.69) is 41.4 Å². The Morgan fingerprint density at radius 3 is 3.04 bits per heavy atom. The Labute approximate surface area is 152 Å². The summed E-state index contributed by atoms with van der Waals surface area (Å²) in [6.07, 6.45) is 8.54. The summed E-state index contributed by atoms with van der Waals surface area (Å²) in [5.74, 6) is 0.865. The van der Waals surface area contributed by atoms with Gasteiger partial charge in [0.2, 0.25) is 0 Å². The molecule has 0 amide bonds. The quantitative estimate of drug-likeness (QED) is 0.774. The zero-order valence-electron chi connectivity index (χ0n) is 15.2. The number of hydrogen-bond donors (Lipinski definition) is 1. The number of allylic oxidation sites excluding steroid dienone is 1. The van der Waals surface area contributed by atoms with Gasteiger partial charge >= 0.3 is 0 Å². The number of ether oxygens (including phenoxy) is 1. The first kappa shape index (κ1) is 16.4. The standard InChI is InChI=1S/C20H22N4O2/c1-4-13(2)19-18(25-8-7-21-19)9-15-5-6-17(20-16(15)10-23-26-20)24-11-14(3)22-12-24/h5-6,9-12,21H,4,7-8H2,1-3H3/b18-9-,19-13+. The van der Waals surface area contributed by atoms with E-state index in [9.17, 15) is 0 Å². The second-order valence-corrected chi connectivity index (χ2v) is 6.46. The average Bonchev–Trinajstić information content (AvgIpc) is 3.31. The Balaban J connectivity index is 1.82. The summed E-state index contributed by atoms with van der Waals surface area (Å²) >= 11 is 0. The lowest BCUT2D eigenvalue weighted by atomic mass is 10.1. The maximum Gasteiger partial charge on any atom is 0.191 e. The number of imidazole rings is 1. The molecule has 134 valence electrons. The summed E-state index contributed by atoms with van der Waals surface area (Å²) in [5.41, 5.74) is 5.99. The van der Waals surface area contributed by atoms with E-state index in [1.165, 1.54) is 5.57 Å². The van der Waals surface area contributed by atoms with Crippen LogP contribution in [0.2, 0.25) is 0 Å². The fraction of sp³-hybridized carbons (Fsp3) is 0.300. The van der Waals surface area contributed by atoms with Gasteiger partial charge < -0.3 is 19.1 Å². The van der Waals surface area contributed by atoms with Crippen molar-refractivity contribution < 1.29 is 9.26 Å². The summed E-state index contributed by atoms with van der Waals surface area (Å²) in [7, 11) is 0. The third kappa shape index (κ3) is 2.87. The summed E-state index contributed by atoms with van der Waals surface area (Å²) in [6, 6.07) is 4.08. The first-order chi connectivity index (χ1) is 12.7. The highest BCUT2D eigenvalue weighted by atomic mass is 16.5.